The fourth-order valence-corrected chi connectivity index (χ4v) is 4.39. The van der Waals surface area contributed by atoms with Crippen LogP contribution in [0.1, 0.15) is 24.9 Å². The topological polar surface area (TPSA) is 64.8 Å². The maximum atomic E-state index is 4.60. The molecule has 2 fully saturated rings. The minimum atomic E-state index is 0.421. The van der Waals surface area contributed by atoms with E-state index in [1.54, 1.807) is 0 Å². The summed E-state index contributed by atoms with van der Waals surface area (Å²) in [7, 11) is 4.05. The number of hydrogen-bond acceptors (Lipinski definition) is 5. The number of nitrogens with zero attached hydrogens (tertiary/aromatic N) is 7. The molecule has 0 radical (unpaired) electrons. The molecule has 2 aromatic rings. The number of rotatable bonds is 4. The Bertz CT molecular complexity index is 825. The number of guanidine groups is 1. The molecular formula is C22H34N8. The molecule has 0 saturated carbocycles. The van der Waals surface area contributed by atoms with E-state index in [2.05, 4.69) is 71.8 Å². The van der Waals surface area contributed by atoms with Crippen LogP contribution in [0.25, 0.3) is 0 Å². The Balaban J connectivity index is 1.37. The van der Waals surface area contributed by atoms with Gasteiger partial charge in [-0.25, -0.2) is 9.97 Å². The molecule has 2 unspecified atom stereocenters. The first-order valence-electron chi connectivity index (χ1n) is 11.0. The number of pyridine rings is 1. The molecule has 2 aliphatic rings. The highest BCUT2D eigenvalue weighted by Crippen LogP contribution is 2.27. The Morgan fingerprint density at radius 1 is 1.20 bits per heavy atom. The lowest BCUT2D eigenvalue weighted by Gasteiger charge is -2.39. The summed E-state index contributed by atoms with van der Waals surface area (Å²) < 4.78 is 2.23. The Hall–Kier alpha value is -2.61. The van der Waals surface area contributed by atoms with Gasteiger partial charge in [-0.05, 0) is 37.1 Å². The van der Waals surface area contributed by atoms with Crippen molar-refractivity contribution in [2.75, 3.05) is 58.3 Å². The number of likely N-dealkylation sites (tertiary alicyclic amines) is 1. The largest absolute Gasteiger partial charge is 0.354 e. The summed E-state index contributed by atoms with van der Waals surface area (Å²) in [4.78, 5) is 20.5. The molecule has 1 N–H and O–H groups in total. The summed E-state index contributed by atoms with van der Waals surface area (Å²) in [6.45, 7) is 9.28. The summed E-state index contributed by atoms with van der Waals surface area (Å²) >= 11 is 0. The molecule has 162 valence electrons. The van der Waals surface area contributed by atoms with Crippen LogP contribution < -0.4 is 10.2 Å². The summed E-state index contributed by atoms with van der Waals surface area (Å²) in [5.41, 5.74) is 1.23. The molecule has 30 heavy (non-hydrogen) atoms. The zero-order valence-electron chi connectivity index (χ0n) is 18.4. The third-order valence-electron chi connectivity index (χ3n) is 6.43. The van der Waals surface area contributed by atoms with E-state index in [0.29, 0.717) is 12.0 Å². The van der Waals surface area contributed by atoms with Gasteiger partial charge in [-0.2, -0.15) is 0 Å². The second-order valence-electron chi connectivity index (χ2n) is 8.50. The van der Waals surface area contributed by atoms with Crippen LogP contribution in [0.4, 0.5) is 5.82 Å². The number of anilines is 1. The number of piperazine rings is 1. The van der Waals surface area contributed by atoms with E-state index in [-0.39, 0.29) is 0 Å². The summed E-state index contributed by atoms with van der Waals surface area (Å²) in [5, 5.41) is 3.57. The fraction of sp³-hybridized carbons (Fsp3) is 0.591. The zero-order valence-corrected chi connectivity index (χ0v) is 18.4. The third-order valence-corrected chi connectivity index (χ3v) is 6.43. The monoisotopic (exact) mass is 410 g/mol. The van der Waals surface area contributed by atoms with Crippen molar-refractivity contribution in [3.63, 3.8) is 0 Å². The summed E-state index contributed by atoms with van der Waals surface area (Å²) in [6, 6.07) is 4.72. The molecule has 0 amide bonds. The van der Waals surface area contributed by atoms with Gasteiger partial charge in [0.05, 0.1) is 12.4 Å². The highest BCUT2D eigenvalue weighted by atomic mass is 15.3. The Morgan fingerprint density at radius 2 is 2.03 bits per heavy atom. The predicted molar refractivity (Wildman–Crippen MR) is 121 cm³/mol. The number of piperidine rings is 1. The SMILES string of the molecule is CN=C(NCc1ccnc(N2CCN(C)CC2)c1)N1CCC(C)C(n2ccnc2)C1. The molecule has 0 bridgehead atoms. The van der Waals surface area contributed by atoms with E-state index in [0.717, 1.165) is 64.0 Å². The van der Waals surface area contributed by atoms with Gasteiger partial charge in [0.2, 0.25) is 0 Å². The third kappa shape index (κ3) is 4.75. The highest BCUT2D eigenvalue weighted by molar-refractivity contribution is 5.80. The van der Waals surface area contributed by atoms with Crippen LogP contribution in [0, 0.1) is 5.92 Å². The molecule has 0 aromatic carbocycles. The summed E-state index contributed by atoms with van der Waals surface area (Å²) in [5.74, 6) is 2.66. The minimum Gasteiger partial charge on any atom is -0.354 e. The number of likely N-dealkylation sites (N-methyl/N-ethyl adjacent to an activating group) is 1. The maximum absolute atomic E-state index is 4.60. The normalized spacial score (nSPS) is 23.6. The van der Waals surface area contributed by atoms with Crippen LogP contribution in [-0.4, -0.2) is 83.7 Å². The number of imidazole rings is 1. The Morgan fingerprint density at radius 3 is 2.77 bits per heavy atom. The number of hydrogen-bond donors (Lipinski definition) is 1. The van der Waals surface area contributed by atoms with Gasteiger partial charge in [0.1, 0.15) is 5.82 Å². The lowest BCUT2D eigenvalue weighted by atomic mass is 9.93. The van der Waals surface area contributed by atoms with Gasteiger partial charge >= 0.3 is 0 Å². The van der Waals surface area contributed by atoms with Crippen LogP contribution in [0.15, 0.2) is 42.0 Å². The van der Waals surface area contributed by atoms with Crippen molar-refractivity contribution in [1.29, 1.82) is 0 Å². The number of nitrogens with one attached hydrogen (secondary N) is 1. The van der Waals surface area contributed by atoms with Gasteiger partial charge in [-0.3, -0.25) is 4.99 Å². The molecule has 2 aliphatic heterocycles. The first-order chi connectivity index (χ1) is 14.6. The molecule has 2 atom stereocenters. The molecule has 4 rings (SSSR count). The fourth-order valence-electron chi connectivity index (χ4n) is 4.39. The van der Waals surface area contributed by atoms with Gasteiger partial charge in [0, 0.05) is 71.5 Å². The van der Waals surface area contributed by atoms with Crippen molar-refractivity contribution in [2.45, 2.75) is 25.9 Å². The van der Waals surface area contributed by atoms with Crippen molar-refractivity contribution < 1.29 is 0 Å². The molecule has 2 aromatic heterocycles. The lowest BCUT2D eigenvalue weighted by Crippen LogP contribution is -2.48. The van der Waals surface area contributed by atoms with Crippen molar-refractivity contribution in [3.05, 3.63) is 42.6 Å². The smallest absolute Gasteiger partial charge is 0.193 e. The minimum absolute atomic E-state index is 0.421. The second-order valence-corrected chi connectivity index (χ2v) is 8.50. The van der Waals surface area contributed by atoms with Crippen molar-refractivity contribution in [3.8, 4) is 0 Å². The average Bonchev–Trinajstić information content (AvgIpc) is 3.30. The Labute approximate surface area is 179 Å². The molecule has 2 saturated heterocycles. The standard InChI is InChI=1S/C22H34N8/c1-18-5-8-29(16-20(18)30-9-7-24-17-30)22(23-2)26-15-19-4-6-25-21(14-19)28-12-10-27(3)11-13-28/h4,6-7,9,14,17-18,20H,5,8,10-13,15-16H2,1-3H3,(H,23,26). The van der Waals surface area contributed by atoms with Crippen LogP contribution in [0.5, 0.6) is 0 Å². The molecule has 8 heteroatoms. The van der Waals surface area contributed by atoms with Gasteiger partial charge in [0.25, 0.3) is 0 Å². The number of aliphatic imine (C=N–C) groups is 1. The summed E-state index contributed by atoms with van der Waals surface area (Å²) in [6.07, 6.45) is 8.92. The average molecular weight is 411 g/mol. The van der Waals surface area contributed by atoms with Crippen LogP contribution in [0.2, 0.25) is 0 Å². The molecule has 8 nitrogen and oxygen atoms in total. The van der Waals surface area contributed by atoms with E-state index < -0.39 is 0 Å². The van der Waals surface area contributed by atoms with Crippen LogP contribution in [0.3, 0.4) is 0 Å². The van der Waals surface area contributed by atoms with E-state index in [1.165, 1.54) is 5.56 Å². The second kappa shape index (κ2) is 9.47. The zero-order chi connectivity index (χ0) is 20.9. The predicted octanol–water partition coefficient (Wildman–Crippen LogP) is 1.69. The van der Waals surface area contributed by atoms with Crippen molar-refractivity contribution in [1.82, 2.24) is 29.7 Å². The first kappa shape index (κ1) is 20.7. The quantitative estimate of drug-likeness (QED) is 0.611. The van der Waals surface area contributed by atoms with Crippen molar-refractivity contribution in [2.24, 2.45) is 10.9 Å². The first-order valence-corrected chi connectivity index (χ1v) is 11.0. The van der Waals surface area contributed by atoms with Gasteiger partial charge in [-0.15, -0.1) is 0 Å². The molecule has 0 aliphatic carbocycles. The molecule has 4 heterocycles. The van der Waals surface area contributed by atoms with E-state index in [4.69, 9.17) is 0 Å². The van der Waals surface area contributed by atoms with Crippen LogP contribution in [-0.2, 0) is 6.54 Å². The van der Waals surface area contributed by atoms with Gasteiger partial charge in [0.15, 0.2) is 5.96 Å². The maximum Gasteiger partial charge on any atom is 0.193 e. The highest BCUT2D eigenvalue weighted by Gasteiger charge is 2.28. The van der Waals surface area contributed by atoms with E-state index in [9.17, 15) is 0 Å². The van der Waals surface area contributed by atoms with Crippen LogP contribution >= 0.6 is 0 Å². The molecule has 0 spiro atoms. The lowest BCUT2D eigenvalue weighted by molar-refractivity contribution is 0.189. The number of aromatic nitrogens is 3. The molecular weight excluding hydrogens is 376 g/mol. The van der Waals surface area contributed by atoms with Crippen molar-refractivity contribution >= 4 is 11.8 Å². The Kier molecular flexibility index (Phi) is 6.52. The van der Waals surface area contributed by atoms with Gasteiger partial charge < -0.3 is 24.6 Å². The van der Waals surface area contributed by atoms with Gasteiger partial charge in [-0.1, -0.05) is 6.92 Å². The van der Waals surface area contributed by atoms with E-state index >= 15 is 0 Å². The van der Waals surface area contributed by atoms with E-state index in [1.807, 2.05) is 25.8 Å².